The summed E-state index contributed by atoms with van der Waals surface area (Å²) in [5.74, 6) is 0.739. The molecular weight excluding hydrogens is 264 g/mol. The van der Waals surface area contributed by atoms with Crippen LogP contribution in [0.5, 0.6) is 0 Å². The summed E-state index contributed by atoms with van der Waals surface area (Å²) in [5.41, 5.74) is 7.37. The van der Waals surface area contributed by atoms with E-state index in [1.165, 1.54) is 12.8 Å². The quantitative estimate of drug-likeness (QED) is 0.755. The largest absolute Gasteiger partial charge is 0.381 e. The monoisotopic (exact) mass is 284 g/mol. The zero-order valence-corrected chi connectivity index (χ0v) is 11.7. The fourth-order valence-electron chi connectivity index (χ4n) is 1.65. The van der Waals surface area contributed by atoms with Gasteiger partial charge in [0.25, 0.3) is 0 Å². The maximum absolute atomic E-state index is 11.6. The molecule has 1 aliphatic rings. The molecule has 19 heavy (non-hydrogen) atoms. The number of hydrogen-bond donors (Lipinski definition) is 2. The highest BCUT2D eigenvalue weighted by molar-refractivity contribution is 5.90. The van der Waals surface area contributed by atoms with Crippen molar-refractivity contribution >= 4 is 24.0 Å². The van der Waals surface area contributed by atoms with Gasteiger partial charge >= 0.3 is 0 Å². The highest BCUT2D eigenvalue weighted by Crippen LogP contribution is 2.28. The minimum absolute atomic E-state index is 0. The summed E-state index contributed by atoms with van der Waals surface area (Å²) in [4.78, 5) is 11.6. The first-order chi connectivity index (χ1) is 8.78. The number of amides is 1. The molecule has 106 valence electrons. The zero-order valence-electron chi connectivity index (χ0n) is 10.9. The number of hydrogen-bond acceptors (Lipinski definition) is 3. The molecular formula is C14H21ClN2O2. The van der Waals surface area contributed by atoms with Gasteiger partial charge in [0.05, 0.1) is 13.0 Å². The van der Waals surface area contributed by atoms with Gasteiger partial charge in [0.2, 0.25) is 5.91 Å². The number of nitrogens with two attached hydrogens (primary N) is 1. The molecule has 1 aliphatic carbocycles. The summed E-state index contributed by atoms with van der Waals surface area (Å²) in [7, 11) is 0. The molecule has 0 spiro atoms. The fraction of sp³-hybridized carbons (Fsp3) is 0.500. The second-order valence-electron chi connectivity index (χ2n) is 4.72. The molecule has 1 aromatic carbocycles. The Labute approximate surface area is 120 Å². The molecule has 0 atom stereocenters. The molecule has 0 bridgehead atoms. The maximum Gasteiger partial charge on any atom is 0.226 e. The third-order valence-corrected chi connectivity index (χ3v) is 3.00. The van der Waals surface area contributed by atoms with Crippen LogP contribution in [0.2, 0.25) is 0 Å². The van der Waals surface area contributed by atoms with Crippen LogP contribution in [0, 0.1) is 5.92 Å². The van der Waals surface area contributed by atoms with Crippen molar-refractivity contribution < 1.29 is 9.53 Å². The van der Waals surface area contributed by atoms with Crippen molar-refractivity contribution in [3.63, 3.8) is 0 Å². The summed E-state index contributed by atoms with van der Waals surface area (Å²) < 4.78 is 5.43. The Morgan fingerprint density at radius 3 is 2.58 bits per heavy atom. The molecule has 2 rings (SSSR count). The van der Waals surface area contributed by atoms with E-state index in [1.807, 2.05) is 24.3 Å². The predicted octanol–water partition coefficient (Wildman–Crippen LogP) is 2.32. The summed E-state index contributed by atoms with van der Waals surface area (Å²) in [6, 6.07) is 7.56. The van der Waals surface area contributed by atoms with Crippen molar-refractivity contribution in [1.82, 2.24) is 0 Å². The first kappa shape index (κ1) is 16.0. The van der Waals surface area contributed by atoms with Crippen molar-refractivity contribution in [1.29, 1.82) is 0 Å². The molecule has 0 aromatic heterocycles. The average molecular weight is 285 g/mol. The average Bonchev–Trinajstić information content (AvgIpc) is 3.20. The van der Waals surface area contributed by atoms with Gasteiger partial charge in [0.1, 0.15) is 0 Å². The smallest absolute Gasteiger partial charge is 0.226 e. The van der Waals surface area contributed by atoms with Gasteiger partial charge in [-0.15, -0.1) is 12.4 Å². The molecule has 5 heteroatoms. The fourth-order valence-corrected chi connectivity index (χ4v) is 1.65. The van der Waals surface area contributed by atoms with Crippen LogP contribution in [0.4, 0.5) is 5.69 Å². The molecule has 3 N–H and O–H groups in total. The van der Waals surface area contributed by atoms with Gasteiger partial charge in [-0.05, 0) is 36.5 Å². The van der Waals surface area contributed by atoms with E-state index < -0.39 is 0 Å². The number of benzene rings is 1. The number of ether oxygens (including phenoxy) is 1. The molecule has 0 saturated heterocycles. The topological polar surface area (TPSA) is 64.3 Å². The molecule has 4 nitrogen and oxygen atoms in total. The van der Waals surface area contributed by atoms with E-state index in [9.17, 15) is 4.79 Å². The number of carbonyl (C=O) groups excluding carboxylic acids is 1. The molecule has 1 saturated carbocycles. The lowest BCUT2D eigenvalue weighted by molar-refractivity contribution is -0.117. The molecule has 0 unspecified atom stereocenters. The Hall–Kier alpha value is -1.10. The lowest BCUT2D eigenvalue weighted by atomic mass is 10.2. The first-order valence-corrected chi connectivity index (χ1v) is 6.44. The normalized spacial score (nSPS) is 13.7. The van der Waals surface area contributed by atoms with Gasteiger partial charge in [0, 0.05) is 18.8 Å². The van der Waals surface area contributed by atoms with Gasteiger partial charge in [-0.25, -0.2) is 0 Å². The Kier molecular flexibility index (Phi) is 6.84. The van der Waals surface area contributed by atoms with Crippen LogP contribution >= 0.6 is 12.4 Å². The van der Waals surface area contributed by atoms with Crippen molar-refractivity contribution in [3.8, 4) is 0 Å². The van der Waals surface area contributed by atoms with Crippen LogP contribution in [0.15, 0.2) is 24.3 Å². The molecule has 0 radical (unpaired) electrons. The number of carbonyl (C=O) groups is 1. The van der Waals surface area contributed by atoms with Crippen molar-refractivity contribution in [2.24, 2.45) is 11.7 Å². The van der Waals surface area contributed by atoms with E-state index in [4.69, 9.17) is 10.5 Å². The Morgan fingerprint density at radius 2 is 2.00 bits per heavy atom. The highest BCUT2D eigenvalue weighted by Gasteiger charge is 2.21. The van der Waals surface area contributed by atoms with Crippen LogP contribution < -0.4 is 11.1 Å². The summed E-state index contributed by atoms with van der Waals surface area (Å²) in [6.07, 6.45) is 2.96. The van der Waals surface area contributed by atoms with Gasteiger partial charge in [-0.2, -0.15) is 0 Å². The van der Waals surface area contributed by atoms with Crippen LogP contribution in [0.3, 0.4) is 0 Å². The van der Waals surface area contributed by atoms with Crippen LogP contribution in [-0.2, 0) is 16.1 Å². The van der Waals surface area contributed by atoms with E-state index >= 15 is 0 Å². The molecule has 0 aliphatic heterocycles. The zero-order chi connectivity index (χ0) is 12.8. The minimum Gasteiger partial charge on any atom is -0.381 e. The van der Waals surface area contributed by atoms with Crippen LogP contribution in [-0.4, -0.2) is 19.1 Å². The Balaban J connectivity index is 0.00000180. The third-order valence-electron chi connectivity index (χ3n) is 3.00. The van der Waals surface area contributed by atoms with E-state index in [1.54, 1.807) is 0 Å². The van der Waals surface area contributed by atoms with Crippen LogP contribution in [0.1, 0.15) is 24.8 Å². The van der Waals surface area contributed by atoms with Gasteiger partial charge in [0.15, 0.2) is 0 Å². The van der Waals surface area contributed by atoms with Gasteiger partial charge in [-0.1, -0.05) is 12.1 Å². The van der Waals surface area contributed by atoms with Gasteiger partial charge < -0.3 is 15.8 Å². The van der Waals surface area contributed by atoms with E-state index in [-0.39, 0.29) is 18.3 Å². The summed E-state index contributed by atoms with van der Waals surface area (Å²) in [6.45, 7) is 1.82. The minimum atomic E-state index is -0.00806. The highest BCUT2D eigenvalue weighted by atomic mass is 35.5. The Morgan fingerprint density at radius 1 is 1.32 bits per heavy atom. The number of halogens is 1. The van der Waals surface area contributed by atoms with E-state index in [0.29, 0.717) is 19.6 Å². The van der Waals surface area contributed by atoms with Crippen molar-refractivity contribution in [3.05, 3.63) is 29.8 Å². The van der Waals surface area contributed by atoms with Crippen molar-refractivity contribution in [2.75, 3.05) is 18.5 Å². The van der Waals surface area contributed by atoms with E-state index in [2.05, 4.69) is 5.32 Å². The number of anilines is 1. The summed E-state index contributed by atoms with van der Waals surface area (Å²) >= 11 is 0. The standard InChI is InChI=1S/C14H20N2O2.ClH/c15-9-11-3-5-13(6-4-11)16-14(17)7-8-18-10-12-1-2-12;/h3-6,12H,1-2,7-10,15H2,(H,16,17);1H. The predicted molar refractivity (Wildman–Crippen MR) is 78.4 cm³/mol. The molecule has 1 fully saturated rings. The third kappa shape index (κ3) is 6.05. The van der Waals surface area contributed by atoms with Gasteiger partial charge in [-0.3, -0.25) is 4.79 Å². The second kappa shape index (κ2) is 8.15. The van der Waals surface area contributed by atoms with Crippen molar-refractivity contribution in [2.45, 2.75) is 25.8 Å². The summed E-state index contributed by atoms with van der Waals surface area (Å²) in [5, 5.41) is 2.84. The number of nitrogens with one attached hydrogen (secondary N) is 1. The SMILES string of the molecule is Cl.NCc1ccc(NC(=O)CCOCC2CC2)cc1. The molecule has 1 aromatic rings. The van der Waals surface area contributed by atoms with Crippen LogP contribution in [0.25, 0.3) is 0 Å². The van der Waals surface area contributed by atoms with E-state index in [0.717, 1.165) is 23.8 Å². The molecule has 0 heterocycles. The first-order valence-electron chi connectivity index (χ1n) is 6.44. The lowest BCUT2D eigenvalue weighted by Crippen LogP contribution is -2.14. The number of rotatable bonds is 7. The lowest BCUT2D eigenvalue weighted by Gasteiger charge is -2.06. The second-order valence-corrected chi connectivity index (χ2v) is 4.72. The maximum atomic E-state index is 11.6. The Bertz CT molecular complexity index is 391. The molecule has 1 amide bonds.